The number of thiophene rings is 1. The van der Waals surface area contributed by atoms with E-state index in [4.69, 9.17) is 4.99 Å². The summed E-state index contributed by atoms with van der Waals surface area (Å²) >= 11 is 1.67. The number of rotatable bonds is 7. The van der Waals surface area contributed by atoms with Gasteiger partial charge in [-0.25, -0.2) is 0 Å². The van der Waals surface area contributed by atoms with Crippen LogP contribution in [-0.4, -0.2) is 36.5 Å². The van der Waals surface area contributed by atoms with Gasteiger partial charge in [-0.15, -0.1) is 21.5 Å². The van der Waals surface area contributed by atoms with Crippen LogP contribution in [0.5, 0.6) is 0 Å². The summed E-state index contributed by atoms with van der Waals surface area (Å²) in [5, 5.41) is 23.2. The van der Waals surface area contributed by atoms with Crippen molar-refractivity contribution in [3.63, 3.8) is 0 Å². The van der Waals surface area contributed by atoms with Gasteiger partial charge >= 0.3 is 5.97 Å². The van der Waals surface area contributed by atoms with Crippen molar-refractivity contribution in [3.8, 4) is 5.00 Å². The van der Waals surface area contributed by atoms with Crippen LogP contribution >= 0.6 is 11.3 Å². The smallest absolute Gasteiger partial charge is 0.309 e. The van der Waals surface area contributed by atoms with Crippen molar-refractivity contribution in [3.05, 3.63) is 87.6 Å². The number of pyridine rings is 1. The summed E-state index contributed by atoms with van der Waals surface area (Å²) in [6.07, 6.45) is 4.04. The lowest BCUT2D eigenvalue weighted by Gasteiger charge is -2.19. The fourth-order valence-corrected chi connectivity index (χ4v) is 5.82. The molecule has 184 valence electrons. The Morgan fingerprint density at radius 2 is 1.94 bits per heavy atom. The molecule has 0 spiro atoms. The number of aromatic nitrogens is 4. The van der Waals surface area contributed by atoms with Gasteiger partial charge < -0.3 is 10.4 Å². The number of fused-ring (bicyclic) bond motifs is 3. The number of aryl methyl sites for hydroxylation is 2. The molecule has 2 atom stereocenters. The van der Waals surface area contributed by atoms with Crippen molar-refractivity contribution < 1.29 is 9.90 Å². The zero-order valence-corrected chi connectivity index (χ0v) is 21.5. The second-order valence-electron chi connectivity index (χ2n) is 8.97. The first kappa shape index (κ1) is 23.9. The minimum Gasteiger partial charge on any atom is -0.481 e. The molecule has 9 heteroatoms. The normalized spacial score (nSPS) is 15.4. The van der Waals surface area contributed by atoms with Gasteiger partial charge in [0.25, 0.3) is 0 Å². The monoisotopic (exact) mass is 500 g/mol. The SMILES string of the molecule is CC[C@H](C(=O)O)C1N=C(c2ccc(NCc3cccnc3)cc2)c2c(sc(C)c2C)-n2c(C)nnc21. The van der Waals surface area contributed by atoms with Crippen LogP contribution in [0, 0.1) is 26.7 Å². The molecule has 0 amide bonds. The van der Waals surface area contributed by atoms with Gasteiger partial charge in [0.15, 0.2) is 5.82 Å². The van der Waals surface area contributed by atoms with Crippen LogP contribution in [0.15, 0.2) is 53.8 Å². The maximum atomic E-state index is 12.2. The largest absolute Gasteiger partial charge is 0.481 e. The summed E-state index contributed by atoms with van der Waals surface area (Å²) in [5.41, 5.74) is 5.96. The Morgan fingerprint density at radius 3 is 2.61 bits per heavy atom. The van der Waals surface area contributed by atoms with Crippen LogP contribution in [0.25, 0.3) is 5.00 Å². The third kappa shape index (κ3) is 4.19. The summed E-state index contributed by atoms with van der Waals surface area (Å²) in [6.45, 7) is 8.64. The van der Waals surface area contributed by atoms with Gasteiger partial charge in [-0.05, 0) is 56.5 Å². The van der Waals surface area contributed by atoms with E-state index >= 15 is 0 Å². The summed E-state index contributed by atoms with van der Waals surface area (Å²) in [7, 11) is 0. The van der Waals surface area contributed by atoms with E-state index in [2.05, 4.69) is 34.3 Å². The molecule has 0 radical (unpaired) electrons. The zero-order chi connectivity index (χ0) is 25.4. The Kier molecular flexibility index (Phi) is 6.40. The van der Waals surface area contributed by atoms with Gasteiger partial charge in [-0.3, -0.25) is 19.3 Å². The highest BCUT2D eigenvalue weighted by molar-refractivity contribution is 7.15. The standard InChI is InChI=1S/C27H28N6O2S/c1-5-21(27(34)35)24-25-32-31-17(4)33(25)26-22(15(2)16(3)36-26)23(30-24)19-8-10-20(11-9-19)29-14-18-7-6-12-28-13-18/h6-13,21,24,29H,5,14H2,1-4H3,(H,34,35)/t21-,24?/m0/s1. The van der Waals surface area contributed by atoms with Crippen molar-refractivity contribution in [2.24, 2.45) is 10.9 Å². The van der Waals surface area contributed by atoms with Gasteiger partial charge in [0, 0.05) is 40.6 Å². The van der Waals surface area contributed by atoms with Crippen LogP contribution in [0.1, 0.15) is 58.2 Å². The number of benzene rings is 1. The molecule has 1 aliphatic heterocycles. The van der Waals surface area contributed by atoms with Crippen LogP contribution in [0.3, 0.4) is 0 Å². The number of aliphatic imine (C=N–C) groups is 1. The lowest BCUT2D eigenvalue weighted by atomic mass is 9.95. The Morgan fingerprint density at radius 1 is 1.17 bits per heavy atom. The topological polar surface area (TPSA) is 105 Å². The average Bonchev–Trinajstić information content (AvgIpc) is 3.35. The molecule has 4 heterocycles. The van der Waals surface area contributed by atoms with E-state index < -0.39 is 17.9 Å². The molecular weight excluding hydrogens is 472 g/mol. The molecule has 1 aliphatic rings. The predicted octanol–water partition coefficient (Wildman–Crippen LogP) is 5.26. The summed E-state index contributed by atoms with van der Waals surface area (Å²) < 4.78 is 2.00. The van der Waals surface area contributed by atoms with Crippen molar-refractivity contribution in [1.82, 2.24) is 19.7 Å². The van der Waals surface area contributed by atoms with E-state index in [9.17, 15) is 9.90 Å². The number of carboxylic acids is 1. The number of carbonyl (C=O) groups is 1. The van der Waals surface area contributed by atoms with E-state index in [1.165, 1.54) is 4.88 Å². The van der Waals surface area contributed by atoms with Crippen LogP contribution in [0.2, 0.25) is 0 Å². The van der Waals surface area contributed by atoms with Crippen molar-refractivity contribution in [2.75, 3.05) is 5.32 Å². The van der Waals surface area contributed by atoms with Gasteiger partial charge in [0.2, 0.25) is 0 Å². The third-order valence-corrected chi connectivity index (χ3v) is 7.90. The molecule has 0 bridgehead atoms. The molecule has 0 fully saturated rings. The first-order valence-electron chi connectivity index (χ1n) is 12.0. The Hall–Kier alpha value is -3.85. The van der Waals surface area contributed by atoms with Gasteiger partial charge in [-0.1, -0.05) is 25.1 Å². The highest BCUT2D eigenvalue weighted by Gasteiger charge is 2.37. The van der Waals surface area contributed by atoms with E-state index in [0.29, 0.717) is 18.8 Å². The van der Waals surface area contributed by atoms with E-state index in [-0.39, 0.29) is 0 Å². The molecular formula is C27H28N6O2S. The molecule has 0 saturated carbocycles. The molecule has 4 aromatic rings. The van der Waals surface area contributed by atoms with Crippen molar-refractivity contribution in [1.29, 1.82) is 0 Å². The van der Waals surface area contributed by atoms with Gasteiger partial charge in [0.05, 0.1) is 11.6 Å². The zero-order valence-electron chi connectivity index (χ0n) is 20.7. The number of carboxylic acid groups (broad SMARTS) is 1. The number of nitrogens with one attached hydrogen (secondary N) is 1. The number of nitrogens with zero attached hydrogens (tertiary/aromatic N) is 5. The molecule has 3 aromatic heterocycles. The highest BCUT2D eigenvalue weighted by atomic mass is 32.1. The van der Waals surface area contributed by atoms with Gasteiger partial charge in [0.1, 0.15) is 16.9 Å². The second kappa shape index (κ2) is 9.66. The first-order valence-corrected chi connectivity index (χ1v) is 12.8. The number of anilines is 1. The fraction of sp³-hybridized carbons (Fsp3) is 0.296. The van der Waals surface area contributed by atoms with Crippen molar-refractivity contribution >= 4 is 28.7 Å². The van der Waals surface area contributed by atoms with Gasteiger partial charge in [-0.2, -0.15) is 0 Å². The Labute approximate surface area is 213 Å². The van der Waals surface area contributed by atoms with Crippen LogP contribution in [0.4, 0.5) is 5.69 Å². The molecule has 0 saturated heterocycles. The number of hydrogen-bond donors (Lipinski definition) is 2. The van der Waals surface area contributed by atoms with Crippen molar-refractivity contribution in [2.45, 2.75) is 46.7 Å². The lowest BCUT2D eigenvalue weighted by Crippen LogP contribution is -2.23. The lowest BCUT2D eigenvalue weighted by molar-refractivity contribution is -0.142. The summed E-state index contributed by atoms with van der Waals surface area (Å²) in [5.74, 6) is -0.290. The minimum absolute atomic E-state index is 0.436. The molecule has 0 aliphatic carbocycles. The maximum Gasteiger partial charge on any atom is 0.309 e. The molecule has 1 aromatic carbocycles. The molecule has 8 nitrogen and oxygen atoms in total. The predicted molar refractivity (Wildman–Crippen MR) is 141 cm³/mol. The van der Waals surface area contributed by atoms with Crippen LogP contribution < -0.4 is 5.32 Å². The fourth-order valence-electron chi connectivity index (χ4n) is 4.60. The Bertz CT molecular complexity index is 1440. The Balaban J connectivity index is 1.60. The molecule has 36 heavy (non-hydrogen) atoms. The first-order chi connectivity index (χ1) is 17.4. The highest BCUT2D eigenvalue weighted by Crippen LogP contribution is 2.41. The maximum absolute atomic E-state index is 12.2. The molecule has 2 N–H and O–H groups in total. The molecule has 5 rings (SSSR count). The quantitative estimate of drug-likeness (QED) is 0.358. The minimum atomic E-state index is -0.883. The second-order valence-corrected chi connectivity index (χ2v) is 10.2. The van der Waals surface area contributed by atoms with E-state index in [1.807, 2.05) is 61.0 Å². The van der Waals surface area contributed by atoms with E-state index in [1.54, 1.807) is 17.5 Å². The van der Waals surface area contributed by atoms with E-state index in [0.717, 1.165) is 44.5 Å². The third-order valence-electron chi connectivity index (χ3n) is 6.71. The number of hydrogen-bond acceptors (Lipinski definition) is 7. The summed E-state index contributed by atoms with van der Waals surface area (Å²) in [6, 6.07) is 11.4. The number of aliphatic carboxylic acids is 1. The van der Waals surface area contributed by atoms with Crippen LogP contribution in [-0.2, 0) is 11.3 Å². The summed E-state index contributed by atoms with van der Waals surface area (Å²) in [4.78, 5) is 22.7. The average molecular weight is 501 g/mol. The molecule has 1 unspecified atom stereocenters.